The molecular weight excluding hydrogens is 444 g/mol. The lowest BCUT2D eigenvalue weighted by atomic mass is 10.1. The van der Waals surface area contributed by atoms with Gasteiger partial charge in [-0.25, -0.2) is 18.4 Å². The van der Waals surface area contributed by atoms with Crippen molar-refractivity contribution in [3.05, 3.63) is 103 Å². The number of nitrogens with zero attached hydrogens (tertiary/aromatic N) is 4. The lowest BCUT2D eigenvalue weighted by molar-refractivity contribution is 0.602. The number of sulfone groups is 1. The summed E-state index contributed by atoms with van der Waals surface area (Å²) in [6.45, 7) is 2.03. The highest BCUT2D eigenvalue weighted by Gasteiger charge is 2.19. The van der Waals surface area contributed by atoms with Gasteiger partial charge in [-0.15, -0.1) is 0 Å². The van der Waals surface area contributed by atoms with Crippen molar-refractivity contribution in [1.82, 2.24) is 19.5 Å². The molecule has 0 radical (unpaired) electrons. The van der Waals surface area contributed by atoms with Crippen LogP contribution in [0, 0.1) is 6.92 Å². The Morgan fingerprint density at radius 3 is 2.15 bits per heavy atom. The van der Waals surface area contributed by atoms with Crippen LogP contribution in [0.15, 0.2) is 102 Å². The van der Waals surface area contributed by atoms with Crippen LogP contribution in [0.4, 0.5) is 0 Å². The SMILES string of the molecule is Cc1c(-c2ccnc(-c3ccc(S(C)(=O)=O)cc3)c2)nc(-c2ccccc2)n1-c1ccccn1. The van der Waals surface area contributed by atoms with Gasteiger partial charge in [-0.1, -0.05) is 48.5 Å². The van der Waals surface area contributed by atoms with Gasteiger partial charge in [0, 0.05) is 41.0 Å². The monoisotopic (exact) mass is 466 g/mol. The Balaban J connectivity index is 1.63. The molecule has 168 valence electrons. The van der Waals surface area contributed by atoms with Crippen molar-refractivity contribution >= 4 is 9.84 Å². The molecule has 0 aliphatic carbocycles. The maximum absolute atomic E-state index is 11.8. The fourth-order valence-electron chi connectivity index (χ4n) is 3.93. The summed E-state index contributed by atoms with van der Waals surface area (Å²) < 4.78 is 25.6. The first-order valence-electron chi connectivity index (χ1n) is 10.7. The van der Waals surface area contributed by atoms with E-state index in [9.17, 15) is 8.42 Å². The third-order valence-electron chi connectivity index (χ3n) is 5.63. The van der Waals surface area contributed by atoms with Gasteiger partial charge in [-0.3, -0.25) is 9.55 Å². The van der Waals surface area contributed by atoms with Gasteiger partial charge in [0.25, 0.3) is 0 Å². The Morgan fingerprint density at radius 2 is 1.47 bits per heavy atom. The summed E-state index contributed by atoms with van der Waals surface area (Å²) in [4.78, 5) is 14.4. The van der Waals surface area contributed by atoms with Crippen LogP contribution in [0.5, 0.6) is 0 Å². The van der Waals surface area contributed by atoms with Crippen molar-refractivity contribution < 1.29 is 8.42 Å². The zero-order chi connectivity index (χ0) is 23.7. The minimum Gasteiger partial charge on any atom is -0.280 e. The standard InChI is InChI=1S/C27H22N4O2S/c1-19-26(22-15-17-28-24(18-22)20-11-13-23(14-12-20)34(2,32)33)30-27(21-8-4-3-5-9-21)31(19)25-10-6-7-16-29-25/h3-18H,1-2H3. The summed E-state index contributed by atoms with van der Waals surface area (Å²) in [6, 6.07) is 26.5. The van der Waals surface area contributed by atoms with Gasteiger partial charge in [-0.05, 0) is 43.3 Å². The van der Waals surface area contributed by atoms with Gasteiger partial charge in [-0.2, -0.15) is 0 Å². The lowest BCUT2D eigenvalue weighted by Crippen LogP contribution is -2.01. The quantitative estimate of drug-likeness (QED) is 0.348. The Labute approximate surface area is 198 Å². The largest absolute Gasteiger partial charge is 0.280 e. The summed E-state index contributed by atoms with van der Waals surface area (Å²) in [5.74, 6) is 1.60. The van der Waals surface area contributed by atoms with Gasteiger partial charge in [0.15, 0.2) is 9.84 Å². The van der Waals surface area contributed by atoms with Crippen molar-refractivity contribution in [2.24, 2.45) is 0 Å². The molecule has 3 aromatic heterocycles. The molecule has 0 aliphatic rings. The molecule has 5 aromatic rings. The van der Waals surface area contributed by atoms with Gasteiger partial charge in [0.05, 0.1) is 16.3 Å². The highest BCUT2D eigenvalue weighted by atomic mass is 32.2. The first-order chi connectivity index (χ1) is 16.4. The number of hydrogen-bond donors (Lipinski definition) is 0. The predicted octanol–water partition coefficient (Wildman–Crippen LogP) is 5.38. The van der Waals surface area contributed by atoms with Gasteiger partial charge >= 0.3 is 0 Å². The highest BCUT2D eigenvalue weighted by molar-refractivity contribution is 7.90. The molecule has 0 fully saturated rings. The van der Waals surface area contributed by atoms with E-state index in [4.69, 9.17) is 4.98 Å². The smallest absolute Gasteiger partial charge is 0.175 e. The Bertz CT molecular complexity index is 1560. The second-order valence-electron chi connectivity index (χ2n) is 7.99. The first kappa shape index (κ1) is 21.7. The normalized spacial score (nSPS) is 11.5. The molecule has 0 atom stereocenters. The van der Waals surface area contributed by atoms with Gasteiger partial charge < -0.3 is 0 Å². The minimum absolute atomic E-state index is 0.282. The molecular formula is C27H22N4O2S. The summed E-state index contributed by atoms with van der Waals surface area (Å²) in [7, 11) is -3.25. The zero-order valence-corrected chi connectivity index (χ0v) is 19.6. The van der Waals surface area contributed by atoms with E-state index in [-0.39, 0.29) is 4.90 Å². The van der Waals surface area contributed by atoms with Gasteiger partial charge in [0.2, 0.25) is 0 Å². The molecule has 0 saturated heterocycles. The molecule has 3 heterocycles. The fourth-order valence-corrected chi connectivity index (χ4v) is 4.56. The van der Waals surface area contributed by atoms with Crippen LogP contribution >= 0.6 is 0 Å². The molecule has 0 amide bonds. The second kappa shape index (κ2) is 8.68. The topological polar surface area (TPSA) is 77.7 Å². The zero-order valence-electron chi connectivity index (χ0n) is 18.8. The minimum atomic E-state index is -3.25. The van der Waals surface area contributed by atoms with Crippen molar-refractivity contribution in [3.8, 4) is 39.7 Å². The molecule has 0 saturated carbocycles. The Hall–Kier alpha value is -4.10. The number of benzene rings is 2. The summed E-state index contributed by atoms with van der Waals surface area (Å²) in [6.07, 6.45) is 4.72. The number of rotatable bonds is 5. The fraction of sp³-hybridized carbons (Fsp3) is 0.0741. The predicted molar refractivity (Wildman–Crippen MR) is 133 cm³/mol. The molecule has 5 rings (SSSR count). The van der Waals surface area contributed by atoms with Crippen LogP contribution in [0.1, 0.15) is 5.69 Å². The third-order valence-corrected chi connectivity index (χ3v) is 6.76. The summed E-state index contributed by atoms with van der Waals surface area (Å²) in [5.41, 5.74) is 5.28. The number of aromatic nitrogens is 4. The van der Waals surface area contributed by atoms with Crippen LogP contribution in [-0.4, -0.2) is 34.2 Å². The molecule has 2 aromatic carbocycles. The Kier molecular flexibility index (Phi) is 5.55. The number of pyridine rings is 2. The molecule has 0 aliphatic heterocycles. The van der Waals surface area contributed by atoms with Crippen LogP contribution in [0.25, 0.3) is 39.7 Å². The van der Waals surface area contributed by atoms with Crippen LogP contribution in [-0.2, 0) is 9.84 Å². The molecule has 0 N–H and O–H groups in total. The summed E-state index contributed by atoms with van der Waals surface area (Å²) >= 11 is 0. The van der Waals surface area contributed by atoms with Crippen molar-refractivity contribution in [2.75, 3.05) is 6.26 Å². The summed E-state index contributed by atoms with van der Waals surface area (Å²) in [5, 5.41) is 0. The molecule has 6 nitrogen and oxygen atoms in total. The van der Waals surface area contributed by atoms with Crippen molar-refractivity contribution in [1.29, 1.82) is 0 Å². The molecule has 0 spiro atoms. The van der Waals surface area contributed by atoms with E-state index in [1.807, 2.05) is 67.6 Å². The van der Waals surface area contributed by atoms with E-state index in [0.717, 1.165) is 45.4 Å². The maximum Gasteiger partial charge on any atom is 0.175 e. The molecule has 0 unspecified atom stereocenters. The van der Waals surface area contributed by atoms with E-state index in [2.05, 4.69) is 14.5 Å². The lowest BCUT2D eigenvalue weighted by Gasteiger charge is -2.09. The maximum atomic E-state index is 11.8. The number of hydrogen-bond acceptors (Lipinski definition) is 5. The Morgan fingerprint density at radius 1 is 0.735 bits per heavy atom. The second-order valence-corrected chi connectivity index (χ2v) is 10.0. The first-order valence-corrected chi connectivity index (χ1v) is 12.6. The van der Waals surface area contributed by atoms with E-state index >= 15 is 0 Å². The average Bonchev–Trinajstić information content (AvgIpc) is 3.22. The van der Waals surface area contributed by atoms with Crippen LogP contribution in [0.3, 0.4) is 0 Å². The van der Waals surface area contributed by atoms with Crippen molar-refractivity contribution in [2.45, 2.75) is 11.8 Å². The van der Waals surface area contributed by atoms with E-state index in [1.165, 1.54) is 6.26 Å². The average molecular weight is 467 g/mol. The van der Waals surface area contributed by atoms with E-state index in [1.54, 1.807) is 36.7 Å². The molecule has 0 bridgehead atoms. The molecule has 7 heteroatoms. The van der Waals surface area contributed by atoms with Crippen molar-refractivity contribution in [3.63, 3.8) is 0 Å². The van der Waals surface area contributed by atoms with Crippen LogP contribution < -0.4 is 0 Å². The highest BCUT2D eigenvalue weighted by Crippen LogP contribution is 2.32. The van der Waals surface area contributed by atoms with Crippen LogP contribution in [0.2, 0.25) is 0 Å². The molecule has 34 heavy (non-hydrogen) atoms. The van der Waals surface area contributed by atoms with E-state index in [0.29, 0.717) is 0 Å². The van der Waals surface area contributed by atoms with Gasteiger partial charge in [0.1, 0.15) is 11.6 Å². The third kappa shape index (κ3) is 4.13. The number of imidazole rings is 1. The van der Waals surface area contributed by atoms with E-state index < -0.39 is 9.84 Å².